The SMILES string of the molecule is CCCCCCCCc1ccc2c(c1)CCCC(C(N)(CO)CO)C2. The average Bonchev–Trinajstić information content (AvgIpc) is 2.86. The zero-order valence-corrected chi connectivity index (χ0v) is 16.0. The summed E-state index contributed by atoms with van der Waals surface area (Å²) in [4.78, 5) is 0. The molecule has 1 aromatic rings. The second-order valence-electron chi connectivity index (χ2n) is 7.96. The lowest BCUT2D eigenvalue weighted by Crippen LogP contribution is -2.54. The van der Waals surface area contributed by atoms with Crippen molar-refractivity contribution in [3.8, 4) is 0 Å². The Bertz CT molecular complexity index is 511. The molecule has 3 heteroatoms. The third kappa shape index (κ3) is 5.80. The van der Waals surface area contributed by atoms with Crippen molar-refractivity contribution in [2.45, 2.75) is 83.1 Å². The quantitative estimate of drug-likeness (QED) is 0.446. The standard InChI is InChI=1S/C22H37NO2/c1-2-3-4-5-6-7-9-18-12-13-20-15-21(22(23,16-24)17-25)11-8-10-19(20)14-18/h12-14,21,24-25H,2-11,15-17,23H2,1H3. The molecule has 1 aliphatic rings. The number of benzene rings is 1. The van der Waals surface area contributed by atoms with E-state index >= 15 is 0 Å². The molecule has 0 fully saturated rings. The summed E-state index contributed by atoms with van der Waals surface area (Å²) in [6.45, 7) is 1.95. The molecule has 3 nitrogen and oxygen atoms in total. The summed E-state index contributed by atoms with van der Waals surface area (Å²) in [5.41, 5.74) is 9.64. The van der Waals surface area contributed by atoms with Gasteiger partial charge in [0.15, 0.2) is 0 Å². The molecule has 1 aliphatic carbocycles. The van der Waals surface area contributed by atoms with Gasteiger partial charge in [0.25, 0.3) is 0 Å². The third-order valence-electron chi connectivity index (χ3n) is 5.96. The van der Waals surface area contributed by atoms with Crippen molar-refractivity contribution in [3.05, 3.63) is 34.9 Å². The molecule has 2 rings (SSSR count). The van der Waals surface area contributed by atoms with Gasteiger partial charge in [0.2, 0.25) is 0 Å². The molecule has 0 radical (unpaired) electrons. The number of fused-ring (bicyclic) bond motifs is 1. The van der Waals surface area contributed by atoms with Gasteiger partial charge in [-0.15, -0.1) is 0 Å². The van der Waals surface area contributed by atoms with Crippen molar-refractivity contribution in [1.29, 1.82) is 0 Å². The zero-order chi connectivity index (χ0) is 18.1. The maximum Gasteiger partial charge on any atom is 0.0654 e. The molecule has 0 aliphatic heterocycles. The van der Waals surface area contributed by atoms with Crippen molar-refractivity contribution >= 4 is 0 Å². The van der Waals surface area contributed by atoms with Crippen LogP contribution in [-0.4, -0.2) is 29.0 Å². The van der Waals surface area contributed by atoms with Gasteiger partial charge in [-0.3, -0.25) is 0 Å². The number of aliphatic hydroxyl groups excluding tert-OH is 2. The molecule has 1 aromatic carbocycles. The Morgan fingerprint density at radius 1 is 1.04 bits per heavy atom. The molecule has 0 aromatic heterocycles. The van der Waals surface area contributed by atoms with Crippen molar-refractivity contribution in [1.82, 2.24) is 0 Å². The molecular weight excluding hydrogens is 310 g/mol. The summed E-state index contributed by atoms with van der Waals surface area (Å²) < 4.78 is 0. The van der Waals surface area contributed by atoms with Crippen molar-refractivity contribution in [3.63, 3.8) is 0 Å². The van der Waals surface area contributed by atoms with E-state index in [4.69, 9.17) is 5.73 Å². The lowest BCUT2D eigenvalue weighted by molar-refractivity contribution is 0.0713. The van der Waals surface area contributed by atoms with Crippen LogP contribution in [0.2, 0.25) is 0 Å². The van der Waals surface area contributed by atoms with Gasteiger partial charge in [-0.25, -0.2) is 0 Å². The molecule has 0 spiro atoms. The Hall–Kier alpha value is -0.900. The smallest absolute Gasteiger partial charge is 0.0654 e. The van der Waals surface area contributed by atoms with Crippen molar-refractivity contribution < 1.29 is 10.2 Å². The summed E-state index contributed by atoms with van der Waals surface area (Å²) in [7, 11) is 0. The fraction of sp³-hybridized carbons (Fsp3) is 0.727. The van der Waals surface area contributed by atoms with Crippen LogP contribution < -0.4 is 5.73 Å². The number of hydrogen-bond donors (Lipinski definition) is 3. The molecule has 25 heavy (non-hydrogen) atoms. The van der Waals surface area contributed by atoms with Crippen LogP contribution in [0.3, 0.4) is 0 Å². The van der Waals surface area contributed by atoms with Crippen LogP contribution in [0.1, 0.15) is 75.0 Å². The van der Waals surface area contributed by atoms with E-state index in [1.165, 1.54) is 61.6 Å². The Balaban J connectivity index is 1.93. The van der Waals surface area contributed by atoms with E-state index in [2.05, 4.69) is 25.1 Å². The minimum atomic E-state index is -0.862. The molecule has 0 bridgehead atoms. The van der Waals surface area contributed by atoms with Gasteiger partial charge in [0, 0.05) is 0 Å². The number of rotatable bonds is 10. The second-order valence-corrected chi connectivity index (χ2v) is 7.96. The fourth-order valence-electron chi connectivity index (χ4n) is 4.08. The van der Waals surface area contributed by atoms with E-state index in [1.807, 2.05) is 0 Å². The Morgan fingerprint density at radius 2 is 1.76 bits per heavy atom. The first-order valence-electron chi connectivity index (χ1n) is 10.2. The first kappa shape index (κ1) is 20.4. The van der Waals surface area contributed by atoms with Crippen LogP contribution in [0, 0.1) is 5.92 Å². The molecule has 0 saturated heterocycles. The van der Waals surface area contributed by atoms with Crippen LogP contribution in [0.15, 0.2) is 18.2 Å². The van der Waals surface area contributed by atoms with Gasteiger partial charge in [-0.05, 0) is 61.1 Å². The number of unbranched alkanes of at least 4 members (excludes halogenated alkanes) is 5. The molecule has 0 amide bonds. The number of hydrogen-bond acceptors (Lipinski definition) is 3. The monoisotopic (exact) mass is 347 g/mol. The highest BCUT2D eigenvalue weighted by molar-refractivity contribution is 5.34. The molecule has 0 saturated carbocycles. The van der Waals surface area contributed by atoms with Crippen LogP contribution in [0.5, 0.6) is 0 Å². The van der Waals surface area contributed by atoms with Gasteiger partial charge < -0.3 is 15.9 Å². The van der Waals surface area contributed by atoms with Crippen LogP contribution >= 0.6 is 0 Å². The summed E-state index contributed by atoms with van der Waals surface area (Å²) in [6, 6.07) is 6.92. The molecule has 1 atom stereocenters. The van der Waals surface area contributed by atoms with Gasteiger partial charge in [0.1, 0.15) is 0 Å². The van der Waals surface area contributed by atoms with E-state index in [0.29, 0.717) is 0 Å². The highest BCUT2D eigenvalue weighted by Crippen LogP contribution is 2.31. The second kappa shape index (κ2) is 10.3. The van der Waals surface area contributed by atoms with E-state index in [9.17, 15) is 10.2 Å². The van der Waals surface area contributed by atoms with Gasteiger partial charge >= 0.3 is 0 Å². The zero-order valence-electron chi connectivity index (χ0n) is 16.0. The minimum absolute atomic E-state index is 0.146. The maximum absolute atomic E-state index is 9.61. The highest BCUT2D eigenvalue weighted by atomic mass is 16.3. The Kier molecular flexibility index (Phi) is 8.41. The molecule has 4 N–H and O–H groups in total. The van der Waals surface area contributed by atoms with Crippen LogP contribution in [0.25, 0.3) is 0 Å². The largest absolute Gasteiger partial charge is 0.394 e. The van der Waals surface area contributed by atoms with Crippen molar-refractivity contribution in [2.75, 3.05) is 13.2 Å². The van der Waals surface area contributed by atoms with Gasteiger partial charge in [-0.1, -0.05) is 57.2 Å². The van der Waals surface area contributed by atoms with E-state index < -0.39 is 5.54 Å². The summed E-state index contributed by atoms with van der Waals surface area (Å²) in [6.07, 6.45) is 13.2. The predicted octanol–water partition coefficient (Wildman–Crippen LogP) is 3.77. The average molecular weight is 348 g/mol. The highest BCUT2D eigenvalue weighted by Gasteiger charge is 2.35. The number of nitrogens with two attached hydrogens (primary N) is 1. The maximum atomic E-state index is 9.61. The summed E-state index contributed by atoms with van der Waals surface area (Å²) in [5.74, 6) is 0.146. The normalized spacial score (nSPS) is 18.0. The number of aryl methyl sites for hydroxylation is 2. The molecule has 0 heterocycles. The molecule has 1 unspecified atom stereocenters. The van der Waals surface area contributed by atoms with Gasteiger partial charge in [-0.2, -0.15) is 0 Å². The summed E-state index contributed by atoms with van der Waals surface area (Å²) >= 11 is 0. The van der Waals surface area contributed by atoms with E-state index in [1.54, 1.807) is 0 Å². The van der Waals surface area contributed by atoms with E-state index in [0.717, 1.165) is 25.7 Å². The van der Waals surface area contributed by atoms with E-state index in [-0.39, 0.29) is 19.1 Å². The molecular formula is C22H37NO2. The van der Waals surface area contributed by atoms with Crippen LogP contribution in [0.4, 0.5) is 0 Å². The van der Waals surface area contributed by atoms with Crippen molar-refractivity contribution in [2.24, 2.45) is 11.7 Å². The lowest BCUT2D eigenvalue weighted by Gasteiger charge is -2.34. The molecule has 142 valence electrons. The predicted molar refractivity (Wildman–Crippen MR) is 105 cm³/mol. The lowest BCUT2D eigenvalue weighted by atomic mass is 9.80. The topological polar surface area (TPSA) is 66.5 Å². The minimum Gasteiger partial charge on any atom is -0.394 e. The first-order chi connectivity index (χ1) is 12.1. The third-order valence-corrected chi connectivity index (χ3v) is 5.96. The van der Waals surface area contributed by atoms with Crippen LogP contribution in [-0.2, 0) is 19.3 Å². The Morgan fingerprint density at radius 3 is 2.48 bits per heavy atom. The first-order valence-corrected chi connectivity index (χ1v) is 10.2. The Labute approximate surface area is 153 Å². The van der Waals surface area contributed by atoms with Gasteiger partial charge in [0.05, 0.1) is 18.8 Å². The number of aliphatic hydroxyl groups is 2. The fourth-order valence-corrected chi connectivity index (χ4v) is 4.08. The summed E-state index contributed by atoms with van der Waals surface area (Å²) in [5, 5.41) is 19.2.